The van der Waals surface area contributed by atoms with Crippen molar-refractivity contribution in [1.82, 2.24) is 15.5 Å². The minimum absolute atomic E-state index is 0.816. The molecule has 2 rings (SSSR count). The number of hydrogen-bond donors (Lipinski definition) is 1. The third-order valence-corrected chi connectivity index (χ3v) is 4.03. The Kier molecular flexibility index (Phi) is 5.74. The Balaban J connectivity index is 1.89. The molecular weight excluding hydrogens is 244 g/mol. The van der Waals surface area contributed by atoms with Crippen LogP contribution < -0.4 is 10.2 Å². The van der Waals surface area contributed by atoms with E-state index in [1.807, 2.05) is 11.8 Å². The van der Waals surface area contributed by atoms with Gasteiger partial charge in [-0.3, -0.25) is 0 Å². The Hall–Kier alpha value is -0.810. The highest BCUT2D eigenvalue weighted by atomic mass is 32.2. The summed E-state index contributed by atoms with van der Waals surface area (Å²) in [5, 5.41) is 12.0. The lowest BCUT2D eigenvalue weighted by molar-refractivity contribution is 0.655. The van der Waals surface area contributed by atoms with E-state index < -0.39 is 0 Å². The first-order valence-corrected chi connectivity index (χ1v) is 7.91. The van der Waals surface area contributed by atoms with E-state index in [0.29, 0.717) is 0 Å². The van der Waals surface area contributed by atoms with Gasteiger partial charge in [0.25, 0.3) is 0 Å². The largest absolute Gasteiger partial charge is 0.354 e. The zero-order chi connectivity index (χ0) is 12.6. The lowest BCUT2D eigenvalue weighted by Crippen LogP contribution is -2.27. The normalized spacial score (nSPS) is 16.6. The van der Waals surface area contributed by atoms with Gasteiger partial charge in [0.05, 0.1) is 5.69 Å². The molecule has 4 nitrogen and oxygen atoms in total. The lowest BCUT2D eigenvalue weighted by atomic mass is 10.3. The summed E-state index contributed by atoms with van der Waals surface area (Å²) in [7, 11) is 0. The fraction of sp³-hybridized carbons (Fsp3) is 0.692. The van der Waals surface area contributed by atoms with E-state index in [1.165, 1.54) is 17.9 Å². The van der Waals surface area contributed by atoms with E-state index in [9.17, 15) is 0 Å². The van der Waals surface area contributed by atoms with Gasteiger partial charge in [0.15, 0.2) is 5.82 Å². The quantitative estimate of drug-likeness (QED) is 0.825. The first-order valence-electron chi connectivity index (χ1n) is 6.76. The van der Waals surface area contributed by atoms with Crippen molar-refractivity contribution in [2.45, 2.75) is 26.3 Å². The van der Waals surface area contributed by atoms with Crippen molar-refractivity contribution in [3.8, 4) is 0 Å². The Labute approximate surface area is 114 Å². The lowest BCUT2D eigenvalue weighted by Gasteiger charge is -2.20. The Morgan fingerprint density at radius 2 is 2.22 bits per heavy atom. The van der Waals surface area contributed by atoms with Crippen LogP contribution in [-0.2, 0) is 6.54 Å². The van der Waals surface area contributed by atoms with E-state index in [0.717, 1.165) is 44.1 Å². The number of hydrogen-bond acceptors (Lipinski definition) is 5. The molecule has 1 saturated heterocycles. The van der Waals surface area contributed by atoms with Crippen molar-refractivity contribution >= 4 is 17.6 Å². The molecule has 0 radical (unpaired) electrons. The van der Waals surface area contributed by atoms with Gasteiger partial charge in [-0.2, -0.15) is 16.9 Å². The summed E-state index contributed by atoms with van der Waals surface area (Å²) in [6, 6.07) is 4.19. The Morgan fingerprint density at radius 3 is 3.00 bits per heavy atom. The van der Waals surface area contributed by atoms with Gasteiger partial charge in [0, 0.05) is 25.4 Å². The molecule has 1 aliphatic rings. The molecule has 5 heteroatoms. The maximum absolute atomic E-state index is 4.35. The SMILES string of the molecule is CCCNCc1ccc(N2CCCSCC2)nn1. The third kappa shape index (κ3) is 4.14. The maximum Gasteiger partial charge on any atom is 0.151 e. The van der Waals surface area contributed by atoms with Crippen LogP contribution in [0.25, 0.3) is 0 Å². The van der Waals surface area contributed by atoms with E-state index in [-0.39, 0.29) is 0 Å². The molecule has 2 heterocycles. The Morgan fingerprint density at radius 1 is 1.28 bits per heavy atom. The van der Waals surface area contributed by atoms with Crippen molar-refractivity contribution < 1.29 is 0 Å². The highest BCUT2D eigenvalue weighted by Gasteiger charge is 2.11. The standard InChI is InChI=1S/C13H22N4S/c1-2-6-14-11-12-4-5-13(16-15-12)17-7-3-9-18-10-8-17/h4-5,14H,2-3,6-11H2,1H3. The highest BCUT2D eigenvalue weighted by molar-refractivity contribution is 7.99. The smallest absolute Gasteiger partial charge is 0.151 e. The van der Waals surface area contributed by atoms with Gasteiger partial charge in [0.2, 0.25) is 0 Å². The van der Waals surface area contributed by atoms with E-state index >= 15 is 0 Å². The van der Waals surface area contributed by atoms with Crippen molar-refractivity contribution in [1.29, 1.82) is 0 Å². The summed E-state index contributed by atoms with van der Waals surface area (Å²) < 4.78 is 0. The van der Waals surface area contributed by atoms with E-state index in [2.05, 4.69) is 39.5 Å². The minimum atomic E-state index is 0.816. The second kappa shape index (κ2) is 7.59. The molecule has 0 amide bonds. The number of thioether (sulfide) groups is 1. The summed E-state index contributed by atoms with van der Waals surface area (Å²) >= 11 is 2.03. The van der Waals surface area contributed by atoms with Crippen molar-refractivity contribution in [3.05, 3.63) is 17.8 Å². The number of nitrogens with one attached hydrogen (secondary N) is 1. The monoisotopic (exact) mass is 266 g/mol. The van der Waals surface area contributed by atoms with Crippen LogP contribution in [0.5, 0.6) is 0 Å². The predicted molar refractivity (Wildman–Crippen MR) is 78.2 cm³/mol. The summed E-state index contributed by atoms with van der Waals surface area (Å²) in [6.07, 6.45) is 2.39. The second-order valence-electron chi connectivity index (χ2n) is 4.51. The van der Waals surface area contributed by atoms with Crippen molar-refractivity contribution in [2.75, 3.05) is 36.0 Å². The van der Waals surface area contributed by atoms with Crippen LogP contribution in [0.1, 0.15) is 25.5 Å². The summed E-state index contributed by atoms with van der Waals surface area (Å²) in [6.45, 7) is 6.21. The molecule has 1 aliphatic heterocycles. The molecule has 0 unspecified atom stereocenters. The third-order valence-electron chi connectivity index (χ3n) is 2.98. The number of anilines is 1. The first kappa shape index (κ1) is 13.6. The molecule has 1 fully saturated rings. The fourth-order valence-corrected chi connectivity index (χ4v) is 2.87. The van der Waals surface area contributed by atoms with E-state index in [4.69, 9.17) is 0 Å². The van der Waals surface area contributed by atoms with Gasteiger partial charge in [-0.1, -0.05) is 6.92 Å². The molecule has 0 spiro atoms. The van der Waals surface area contributed by atoms with Crippen LogP contribution >= 0.6 is 11.8 Å². The van der Waals surface area contributed by atoms with Crippen LogP contribution in [0.3, 0.4) is 0 Å². The summed E-state index contributed by atoms with van der Waals surface area (Å²) in [4.78, 5) is 2.34. The summed E-state index contributed by atoms with van der Waals surface area (Å²) in [5.74, 6) is 3.49. The van der Waals surface area contributed by atoms with Crippen LogP contribution in [0.15, 0.2) is 12.1 Å². The predicted octanol–water partition coefficient (Wildman–Crippen LogP) is 1.92. The van der Waals surface area contributed by atoms with Gasteiger partial charge in [-0.25, -0.2) is 0 Å². The number of rotatable bonds is 5. The highest BCUT2D eigenvalue weighted by Crippen LogP contribution is 2.16. The first-order chi connectivity index (χ1) is 8.90. The molecule has 18 heavy (non-hydrogen) atoms. The molecule has 1 aromatic heterocycles. The topological polar surface area (TPSA) is 41.0 Å². The second-order valence-corrected chi connectivity index (χ2v) is 5.74. The van der Waals surface area contributed by atoms with Crippen LogP contribution in [0.4, 0.5) is 5.82 Å². The molecule has 0 aromatic carbocycles. The molecule has 0 saturated carbocycles. The van der Waals surface area contributed by atoms with Gasteiger partial charge < -0.3 is 10.2 Å². The molecule has 100 valence electrons. The molecule has 1 N–H and O–H groups in total. The fourth-order valence-electron chi connectivity index (χ4n) is 1.98. The minimum Gasteiger partial charge on any atom is -0.354 e. The van der Waals surface area contributed by atoms with Crippen LogP contribution in [-0.4, -0.2) is 41.3 Å². The van der Waals surface area contributed by atoms with Crippen LogP contribution in [0, 0.1) is 0 Å². The van der Waals surface area contributed by atoms with Crippen LogP contribution in [0.2, 0.25) is 0 Å². The maximum atomic E-state index is 4.35. The molecule has 0 aliphatic carbocycles. The zero-order valence-corrected chi connectivity index (χ0v) is 11.9. The van der Waals surface area contributed by atoms with Crippen molar-refractivity contribution in [3.63, 3.8) is 0 Å². The van der Waals surface area contributed by atoms with Gasteiger partial charge in [0.1, 0.15) is 0 Å². The Bertz CT molecular complexity index is 333. The molecular formula is C13H22N4S. The average molecular weight is 266 g/mol. The molecule has 1 aromatic rings. The number of nitrogens with zero attached hydrogens (tertiary/aromatic N) is 3. The van der Waals surface area contributed by atoms with E-state index in [1.54, 1.807) is 0 Å². The van der Waals surface area contributed by atoms with Gasteiger partial charge >= 0.3 is 0 Å². The van der Waals surface area contributed by atoms with Gasteiger partial charge in [-0.15, -0.1) is 5.10 Å². The zero-order valence-electron chi connectivity index (χ0n) is 11.1. The summed E-state index contributed by atoms with van der Waals surface area (Å²) in [5.41, 5.74) is 1.02. The average Bonchev–Trinajstić information content (AvgIpc) is 2.69. The van der Waals surface area contributed by atoms with Crippen molar-refractivity contribution in [2.24, 2.45) is 0 Å². The molecule has 0 atom stereocenters. The number of aromatic nitrogens is 2. The molecule has 0 bridgehead atoms. The van der Waals surface area contributed by atoms with Gasteiger partial charge in [-0.05, 0) is 37.3 Å².